The van der Waals surface area contributed by atoms with Crippen molar-refractivity contribution in [2.24, 2.45) is 4.99 Å². The third-order valence-corrected chi connectivity index (χ3v) is 2.76. The van der Waals surface area contributed by atoms with Crippen LogP contribution in [0.25, 0.3) is 0 Å². The summed E-state index contributed by atoms with van der Waals surface area (Å²) in [4.78, 5) is 16.8. The fourth-order valence-corrected chi connectivity index (χ4v) is 1.85. The standard InChI is InChI=1S/C7H13N3OS/c1-8-6(11)9-7-10(2)4-3-5-12-7/h3-5H2,1-2H3,(H,8,11). The highest BCUT2D eigenvalue weighted by Crippen LogP contribution is 2.15. The normalized spacial score (nSPS) is 21.2. The number of amidine groups is 1. The molecule has 1 fully saturated rings. The molecule has 4 nitrogen and oxygen atoms in total. The van der Waals surface area contributed by atoms with Crippen molar-refractivity contribution in [3.63, 3.8) is 0 Å². The molecule has 12 heavy (non-hydrogen) atoms. The molecule has 0 unspecified atom stereocenters. The second-order valence-electron chi connectivity index (χ2n) is 2.57. The minimum absolute atomic E-state index is 0.272. The Balaban J connectivity index is 2.58. The van der Waals surface area contributed by atoms with Crippen molar-refractivity contribution in [3.8, 4) is 0 Å². The molecule has 1 heterocycles. The Hall–Kier alpha value is -0.710. The van der Waals surface area contributed by atoms with Gasteiger partial charge in [-0.3, -0.25) is 0 Å². The topological polar surface area (TPSA) is 44.7 Å². The van der Waals surface area contributed by atoms with Crippen molar-refractivity contribution in [1.82, 2.24) is 10.2 Å². The number of aliphatic imine (C=N–C) groups is 1. The molecular weight excluding hydrogens is 174 g/mol. The third-order valence-electron chi connectivity index (χ3n) is 1.61. The molecule has 0 aromatic carbocycles. The van der Waals surface area contributed by atoms with Crippen LogP contribution in [0.15, 0.2) is 4.99 Å². The van der Waals surface area contributed by atoms with Gasteiger partial charge in [0, 0.05) is 26.4 Å². The Morgan fingerprint density at radius 2 is 2.50 bits per heavy atom. The molecule has 5 heteroatoms. The van der Waals surface area contributed by atoms with E-state index in [2.05, 4.69) is 10.3 Å². The number of hydrogen-bond donors (Lipinski definition) is 1. The van der Waals surface area contributed by atoms with Gasteiger partial charge in [0.05, 0.1) is 0 Å². The average molecular weight is 187 g/mol. The Kier molecular flexibility index (Phi) is 3.40. The minimum Gasteiger partial charge on any atom is -0.354 e. The second-order valence-corrected chi connectivity index (χ2v) is 3.64. The van der Waals surface area contributed by atoms with Crippen molar-refractivity contribution < 1.29 is 4.79 Å². The van der Waals surface area contributed by atoms with E-state index in [9.17, 15) is 4.79 Å². The van der Waals surface area contributed by atoms with E-state index in [0.29, 0.717) is 0 Å². The molecule has 0 atom stereocenters. The molecule has 1 N–H and O–H groups in total. The van der Waals surface area contributed by atoms with Crippen LogP contribution in [0.5, 0.6) is 0 Å². The predicted octanol–water partition coefficient (Wildman–Crippen LogP) is 0.750. The van der Waals surface area contributed by atoms with Crippen LogP contribution in [0.2, 0.25) is 0 Å². The maximum Gasteiger partial charge on any atom is 0.343 e. The molecule has 0 aromatic heterocycles. The molecule has 0 spiro atoms. The van der Waals surface area contributed by atoms with Gasteiger partial charge < -0.3 is 10.2 Å². The highest BCUT2D eigenvalue weighted by Gasteiger charge is 2.13. The third kappa shape index (κ3) is 2.41. The molecule has 0 radical (unpaired) electrons. The number of carbonyl (C=O) groups excluding carboxylic acids is 1. The van der Waals surface area contributed by atoms with Crippen molar-refractivity contribution in [2.75, 3.05) is 26.4 Å². The van der Waals surface area contributed by atoms with Crippen molar-refractivity contribution in [2.45, 2.75) is 6.42 Å². The summed E-state index contributed by atoms with van der Waals surface area (Å²) in [6.07, 6.45) is 1.16. The number of nitrogens with one attached hydrogen (secondary N) is 1. The maximum absolute atomic E-state index is 10.9. The highest BCUT2D eigenvalue weighted by atomic mass is 32.2. The summed E-state index contributed by atoms with van der Waals surface area (Å²) in [5.41, 5.74) is 0. The van der Waals surface area contributed by atoms with E-state index in [-0.39, 0.29) is 6.03 Å². The van der Waals surface area contributed by atoms with Gasteiger partial charge in [-0.25, -0.2) is 4.79 Å². The van der Waals surface area contributed by atoms with Crippen molar-refractivity contribution in [1.29, 1.82) is 0 Å². The van der Waals surface area contributed by atoms with Gasteiger partial charge in [-0.15, -0.1) is 0 Å². The van der Waals surface area contributed by atoms with Gasteiger partial charge >= 0.3 is 6.03 Å². The number of carbonyl (C=O) groups is 1. The van der Waals surface area contributed by atoms with E-state index in [0.717, 1.165) is 23.9 Å². The first-order valence-electron chi connectivity index (χ1n) is 3.88. The Labute approximate surface area is 76.4 Å². The zero-order chi connectivity index (χ0) is 8.97. The maximum atomic E-state index is 10.9. The van der Waals surface area contributed by atoms with Crippen molar-refractivity contribution in [3.05, 3.63) is 0 Å². The van der Waals surface area contributed by atoms with E-state index in [1.54, 1.807) is 18.8 Å². The van der Waals surface area contributed by atoms with E-state index < -0.39 is 0 Å². The van der Waals surface area contributed by atoms with Crippen LogP contribution in [-0.2, 0) is 0 Å². The Bertz CT molecular complexity index is 205. The number of thioether (sulfide) groups is 1. The first kappa shape index (κ1) is 9.38. The molecule has 0 aromatic rings. The summed E-state index contributed by atoms with van der Waals surface area (Å²) in [6.45, 7) is 0.989. The lowest BCUT2D eigenvalue weighted by Gasteiger charge is -2.24. The first-order chi connectivity index (χ1) is 5.74. The molecule has 68 valence electrons. The van der Waals surface area contributed by atoms with Crippen LogP contribution < -0.4 is 5.32 Å². The quantitative estimate of drug-likeness (QED) is 0.608. The molecule has 1 aliphatic rings. The first-order valence-corrected chi connectivity index (χ1v) is 4.87. The zero-order valence-corrected chi connectivity index (χ0v) is 8.15. The fraction of sp³-hybridized carbons (Fsp3) is 0.714. The SMILES string of the molecule is CNC(=O)N=C1SCCCN1C. The van der Waals surface area contributed by atoms with Crippen LogP contribution in [0.3, 0.4) is 0 Å². The smallest absolute Gasteiger partial charge is 0.343 e. The van der Waals surface area contributed by atoms with E-state index in [4.69, 9.17) is 0 Å². The van der Waals surface area contributed by atoms with E-state index in [1.165, 1.54) is 0 Å². The molecule has 1 aliphatic heterocycles. The summed E-state index contributed by atoms with van der Waals surface area (Å²) in [6, 6.07) is -0.272. The van der Waals surface area contributed by atoms with E-state index >= 15 is 0 Å². The van der Waals surface area contributed by atoms with Gasteiger partial charge in [0.15, 0.2) is 5.17 Å². The largest absolute Gasteiger partial charge is 0.354 e. The van der Waals surface area contributed by atoms with Crippen LogP contribution >= 0.6 is 11.8 Å². The zero-order valence-electron chi connectivity index (χ0n) is 7.33. The van der Waals surface area contributed by atoms with Gasteiger partial charge in [0.2, 0.25) is 0 Å². The van der Waals surface area contributed by atoms with Gasteiger partial charge in [0.1, 0.15) is 0 Å². The average Bonchev–Trinajstić information content (AvgIpc) is 2.09. The predicted molar refractivity (Wildman–Crippen MR) is 51.6 cm³/mol. The Morgan fingerprint density at radius 1 is 1.75 bits per heavy atom. The molecule has 0 saturated carbocycles. The Morgan fingerprint density at radius 3 is 3.08 bits per heavy atom. The number of hydrogen-bond acceptors (Lipinski definition) is 2. The van der Waals surface area contributed by atoms with Crippen LogP contribution in [0.1, 0.15) is 6.42 Å². The van der Waals surface area contributed by atoms with Crippen molar-refractivity contribution >= 4 is 23.0 Å². The molecule has 2 amide bonds. The van der Waals surface area contributed by atoms with Crippen LogP contribution in [0.4, 0.5) is 4.79 Å². The summed E-state index contributed by atoms with van der Waals surface area (Å²) in [7, 11) is 3.54. The molecule has 1 saturated heterocycles. The van der Waals surface area contributed by atoms with Gasteiger partial charge in [-0.2, -0.15) is 4.99 Å². The lowest BCUT2D eigenvalue weighted by Crippen LogP contribution is -2.31. The molecule has 1 rings (SSSR count). The number of rotatable bonds is 0. The number of nitrogens with zero attached hydrogens (tertiary/aromatic N) is 2. The summed E-state index contributed by atoms with van der Waals surface area (Å²) >= 11 is 1.63. The van der Waals surface area contributed by atoms with Gasteiger partial charge in [-0.05, 0) is 6.42 Å². The molecule has 0 aliphatic carbocycles. The summed E-state index contributed by atoms with van der Waals surface area (Å²) < 4.78 is 0. The second kappa shape index (κ2) is 4.35. The van der Waals surface area contributed by atoms with Crippen LogP contribution in [-0.4, -0.2) is 42.5 Å². The number of amides is 2. The minimum atomic E-state index is -0.272. The monoisotopic (exact) mass is 187 g/mol. The lowest BCUT2D eigenvalue weighted by atomic mass is 10.4. The number of urea groups is 1. The van der Waals surface area contributed by atoms with Crippen LogP contribution in [0, 0.1) is 0 Å². The van der Waals surface area contributed by atoms with Gasteiger partial charge in [0.25, 0.3) is 0 Å². The van der Waals surface area contributed by atoms with E-state index in [1.807, 2.05) is 11.9 Å². The highest BCUT2D eigenvalue weighted by molar-refractivity contribution is 8.13. The lowest BCUT2D eigenvalue weighted by molar-refractivity contribution is 0.251. The summed E-state index contributed by atoms with van der Waals surface area (Å²) in [5, 5.41) is 3.29. The molecular formula is C7H13N3OS. The van der Waals surface area contributed by atoms with Gasteiger partial charge in [-0.1, -0.05) is 11.8 Å². The molecule has 0 bridgehead atoms. The fourth-order valence-electron chi connectivity index (χ4n) is 0.931. The summed E-state index contributed by atoms with van der Waals surface area (Å²) in [5.74, 6) is 1.06.